The topological polar surface area (TPSA) is 38.7 Å². The van der Waals surface area contributed by atoms with E-state index in [9.17, 15) is 0 Å². The maximum Gasteiger partial charge on any atom is 0.140 e. The lowest BCUT2D eigenvalue weighted by molar-refractivity contribution is 1.16. The Balaban J connectivity index is 2.50. The van der Waals surface area contributed by atoms with Gasteiger partial charge >= 0.3 is 0 Å². The van der Waals surface area contributed by atoms with Crippen molar-refractivity contribution in [1.82, 2.24) is 15.0 Å². The highest BCUT2D eigenvalue weighted by atomic mass is 35.5. The van der Waals surface area contributed by atoms with Crippen LogP contribution in [0.1, 0.15) is 5.69 Å². The fraction of sp³-hybridized carbons (Fsp3) is 0.100. The Hall–Kier alpha value is -1.48. The second-order valence-electron chi connectivity index (χ2n) is 2.92. The van der Waals surface area contributed by atoms with Crippen LogP contribution in [0.5, 0.6) is 0 Å². The molecule has 0 aliphatic heterocycles. The molecule has 70 valence electrons. The van der Waals surface area contributed by atoms with Crippen molar-refractivity contribution in [1.29, 1.82) is 0 Å². The summed E-state index contributed by atoms with van der Waals surface area (Å²) in [4.78, 5) is 12.0. The summed E-state index contributed by atoms with van der Waals surface area (Å²) in [5.74, 6) is 0. The molecular weight excluding hydrogens is 198 g/mol. The van der Waals surface area contributed by atoms with E-state index in [-0.39, 0.29) is 0 Å². The van der Waals surface area contributed by atoms with Gasteiger partial charge in [-0.05, 0) is 13.0 Å². The monoisotopic (exact) mass is 205 g/mol. The average Bonchev–Trinajstić information content (AvgIpc) is 2.20. The molecule has 3 nitrogen and oxygen atoms in total. The number of hydrogen-bond acceptors (Lipinski definition) is 3. The molecule has 2 aromatic heterocycles. The van der Waals surface area contributed by atoms with E-state index in [1.165, 1.54) is 6.33 Å². The summed E-state index contributed by atoms with van der Waals surface area (Å²) in [5, 5.41) is 0.450. The van der Waals surface area contributed by atoms with E-state index in [0.29, 0.717) is 5.15 Å². The zero-order valence-corrected chi connectivity index (χ0v) is 8.36. The molecule has 0 spiro atoms. The Bertz CT molecular complexity index is 439. The highest BCUT2D eigenvalue weighted by Gasteiger charge is 2.03. The van der Waals surface area contributed by atoms with E-state index in [4.69, 9.17) is 11.6 Å². The van der Waals surface area contributed by atoms with Crippen LogP contribution in [0.15, 0.2) is 30.9 Å². The third kappa shape index (κ3) is 1.72. The Labute approximate surface area is 86.8 Å². The highest BCUT2D eigenvalue weighted by molar-refractivity contribution is 6.32. The molecule has 0 aliphatic rings. The Kier molecular flexibility index (Phi) is 2.41. The van der Waals surface area contributed by atoms with Crippen LogP contribution in [0.2, 0.25) is 5.15 Å². The van der Waals surface area contributed by atoms with Crippen molar-refractivity contribution in [2.24, 2.45) is 0 Å². The number of nitrogens with zero attached hydrogens (tertiary/aromatic N) is 3. The van der Waals surface area contributed by atoms with Crippen LogP contribution in [-0.2, 0) is 0 Å². The minimum atomic E-state index is 0.450. The molecule has 0 aromatic carbocycles. The van der Waals surface area contributed by atoms with E-state index in [1.807, 2.05) is 19.1 Å². The molecule has 4 heteroatoms. The van der Waals surface area contributed by atoms with Gasteiger partial charge in [0, 0.05) is 29.2 Å². The van der Waals surface area contributed by atoms with Crippen LogP contribution in [0.25, 0.3) is 11.1 Å². The van der Waals surface area contributed by atoms with E-state index >= 15 is 0 Å². The van der Waals surface area contributed by atoms with Crippen molar-refractivity contribution in [2.45, 2.75) is 6.92 Å². The fourth-order valence-corrected chi connectivity index (χ4v) is 1.34. The zero-order valence-electron chi connectivity index (χ0n) is 7.61. The molecular formula is C10H8ClN3. The van der Waals surface area contributed by atoms with E-state index in [0.717, 1.165) is 16.8 Å². The van der Waals surface area contributed by atoms with Gasteiger partial charge in [-0.15, -0.1) is 0 Å². The molecule has 2 heterocycles. The molecule has 0 amide bonds. The number of aromatic nitrogens is 3. The van der Waals surface area contributed by atoms with E-state index in [1.54, 1.807) is 12.4 Å². The third-order valence-corrected chi connectivity index (χ3v) is 2.19. The van der Waals surface area contributed by atoms with Gasteiger partial charge < -0.3 is 0 Å². The number of aryl methyl sites for hydroxylation is 1. The number of halogens is 1. The summed E-state index contributed by atoms with van der Waals surface area (Å²) in [5.41, 5.74) is 2.71. The van der Waals surface area contributed by atoms with Crippen LogP contribution >= 0.6 is 11.6 Å². The maximum atomic E-state index is 5.92. The standard InChI is InChI=1S/C10H8ClN3/c1-7-2-3-8(4-13-7)9-5-12-6-14-10(9)11/h2-6H,1H3. The van der Waals surface area contributed by atoms with Crippen LogP contribution in [0.4, 0.5) is 0 Å². The van der Waals surface area contributed by atoms with Crippen molar-refractivity contribution in [3.8, 4) is 11.1 Å². The Morgan fingerprint density at radius 3 is 2.64 bits per heavy atom. The van der Waals surface area contributed by atoms with Gasteiger partial charge in [-0.25, -0.2) is 9.97 Å². The largest absolute Gasteiger partial charge is 0.261 e. The lowest BCUT2D eigenvalue weighted by Crippen LogP contribution is -1.87. The summed E-state index contributed by atoms with van der Waals surface area (Å²) in [6, 6.07) is 3.88. The molecule has 0 radical (unpaired) electrons. The van der Waals surface area contributed by atoms with Crippen LogP contribution in [0, 0.1) is 6.92 Å². The van der Waals surface area contributed by atoms with Gasteiger partial charge in [-0.1, -0.05) is 17.7 Å². The minimum absolute atomic E-state index is 0.450. The zero-order chi connectivity index (χ0) is 9.97. The van der Waals surface area contributed by atoms with Gasteiger partial charge in [0.1, 0.15) is 11.5 Å². The summed E-state index contributed by atoms with van der Waals surface area (Å²) in [6.07, 6.45) is 4.87. The molecule has 0 fully saturated rings. The van der Waals surface area contributed by atoms with Crippen molar-refractivity contribution >= 4 is 11.6 Å². The molecule has 2 rings (SSSR count). The molecule has 14 heavy (non-hydrogen) atoms. The molecule has 0 atom stereocenters. The van der Waals surface area contributed by atoms with Crippen LogP contribution < -0.4 is 0 Å². The average molecular weight is 206 g/mol. The second kappa shape index (κ2) is 3.72. The molecule has 0 saturated carbocycles. The predicted octanol–water partition coefficient (Wildman–Crippen LogP) is 2.50. The number of hydrogen-bond donors (Lipinski definition) is 0. The maximum absolute atomic E-state index is 5.92. The Morgan fingerprint density at radius 2 is 2.00 bits per heavy atom. The first-order valence-corrected chi connectivity index (χ1v) is 4.53. The van der Waals surface area contributed by atoms with Gasteiger partial charge in [0.05, 0.1) is 0 Å². The smallest absolute Gasteiger partial charge is 0.140 e. The van der Waals surface area contributed by atoms with E-state index < -0.39 is 0 Å². The molecule has 0 saturated heterocycles. The summed E-state index contributed by atoms with van der Waals surface area (Å²) >= 11 is 5.92. The van der Waals surface area contributed by atoms with Crippen molar-refractivity contribution in [3.63, 3.8) is 0 Å². The predicted molar refractivity (Wildman–Crippen MR) is 55.0 cm³/mol. The first kappa shape index (κ1) is 9.09. The molecule has 0 bridgehead atoms. The minimum Gasteiger partial charge on any atom is -0.261 e. The van der Waals surface area contributed by atoms with Gasteiger partial charge in [0.25, 0.3) is 0 Å². The first-order chi connectivity index (χ1) is 6.77. The molecule has 2 aromatic rings. The van der Waals surface area contributed by atoms with Crippen molar-refractivity contribution in [2.75, 3.05) is 0 Å². The quantitative estimate of drug-likeness (QED) is 0.672. The highest BCUT2D eigenvalue weighted by Crippen LogP contribution is 2.23. The molecule has 0 N–H and O–H groups in total. The molecule has 0 unspecified atom stereocenters. The number of rotatable bonds is 1. The van der Waals surface area contributed by atoms with Crippen LogP contribution in [-0.4, -0.2) is 15.0 Å². The van der Waals surface area contributed by atoms with Crippen molar-refractivity contribution in [3.05, 3.63) is 41.7 Å². The third-order valence-electron chi connectivity index (χ3n) is 1.89. The van der Waals surface area contributed by atoms with Crippen molar-refractivity contribution < 1.29 is 0 Å². The number of pyridine rings is 1. The van der Waals surface area contributed by atoms with E-state index in [2.05, 4.69) is 15.0 Å². The molecule has 0 aliphatic carbocycles. The second-order valence-corrected chi connectivity index (χ2v) is 3.27. The summed E-state index contributed by atoms with van der Waals surface area (Å²) in [7, 11) is 0. The van der Waals surface area contributed by atoms with Gasteiger partial charge in [0.15, 0.2) is 0 Å². The Morgan fingerprint density at radius 1 is 1.14 bits per heavy atom. The van der Waals surface area contributed by atoms with Crippen LogP contribution in [0.3, 0.4) is 0 Å². The first-order valence-electron chi connectivity index (χ1n) is 4.16. The fourth-order valence-electron chi connectivity index (χ4n) is 1.14. The van der Waals surface area contributed by atoms with Gasteiger partial charge in [-0.2, -0.15) is 0 Å². The summed E-state index contributed by atoms with van der Waals surface area (Å²) in [6.45, 7) is 1.94. The van der Waals surface area contributed by atoms with Gasteiger partial charge in [0.2, 0.25) is 0 Å². The SMILES string of the molecule is Cc1ccc(-c2cncnc2Cl)cn1. The van der Waals surface area contributed by atoms with Gasteiger partial charge in [-0.3, -0.25) is 4.98 Å². The lowest BCUT2D eigenvalue weighted by atomic mass is 10.1. The lowest BCUT2D eigenvalue weighted by Gasteiger charge is -2.01. The normalized spacial score (nSPS) is 10.1. The summed E-state index contributed by atoms with van der Waals surface area (Å²) < 4.78 is 0.